The molecule has 2 aromatic carbocycles. The molecule has 4 N–H and O–H groups in total. The first-order chi connectivity index (χ1) is 11.6. The van der Waals surface area contributed by atoms with Crippen LogP contribution in [0, 0.1) is 0 Å². The fourth-order valence-corrected chi connectivity index (χ4v) is 2.29. The van der Waals surface area contributed by atoms with Gasteiger partial charge >= 0.3 is 5.97 Å². The highest BCUT2D eigenvalue weighted by Crippen LogP contribution is 2.26. The summed E-state index contributed by atoms with van der Waals surface area (Å²) in [5, 5.41) is 20.5. The number of halogens is 2. The number of carbonyl (C=O) groups is 1. The van der Waals surface area contributed by atoms with Crippen LogP contribution in [-0.2, 0) is 0 Å². The van der Waals surface area contributed by atoms with Crippen LogP contribution in [-0.4, -0.2) is 39.3 Å². The second-order valence-corrected chi connectivity index (χ2v) is 5.10. The van der Waals surface area contributed by atoms with Crippen LogP contribution in [0.4, 0.5) is 0 Å². The molecule has 0 radical (unpaired) electrons. The summed E-state index contributed by atoms with van der Waals surface area (Å²) in [7, 11) is 0. The van der Waals surface area contributed by atoms with Gasteiger partial charge in [-0.05, 0) is 29.0 Å². The Labute approximate surface area is 161 Å². The summed E-state index contributed by atoms with van der Waals surface area (Å²) in [5.74, 6) is -0.636. The zero-order valence-corrected chi connectivity index (χ0v) is 15.1. The molecule has 1 aromatic heterocycles. The van der Waals surface area contributed by atoms with Crippen LogP contribution in [0.5, 0.6) is 11.6 Å². The summed E-state index contributed by atoms with van der Waals surface area (Å²) in [4.78, 5) is 19.5. The number of aromatic carboxylic acids is 1. The molecular weight excluding hydrogens is 381 g/mol. The molecule has 0 unspecified atom stereocenters. The van der Waals surface area contributed by atoms with Crippen LogP contribution in [0.15, 0.2) is 42.6 Å². The van der Waals surface area contributed by atoms with E-state index in [2.05, 4.69) is 9.97 Å². The zero-order valence-electron chi connectivity index (χ0n) is 13.5. The largest absolute Gasteiger partial charge is 0.508 e. The van der Waals surface area contributed by atoms with Crippen molar-refractivity contribution in [1.29, 1.82) is 0 Å². The molecule has 0 aliphatic carbocycles. The molecule has 0 aliphatic heterocycles. The van der Waals surface area contributed by atoms with Crippen molar-refractivity contribution in [2.75, 3.05) is 13.2 Å². The molecule has 0 saturated heterocycles. The highest BCUT2D eigenvalue weighted by Gasteiger charge is 2.16. The molecule has 7 nitrogen and oxygen atoms in total. The molecule has 0 spiro atoms. The number of phenolic OH excluding ortho intramolecular Hbond substituents is 1. The minimum Gasteiger partial charge on any atom is -0.508 e. The van der Waals surface area contributed by atoms with E-state index in [1.54, 1.807) is 24.3 Å². The fourth-order valence-electron chi connectivity index (χ4n) is 2.29. The number of fused-ring (bicyclic) bond motifs is 1. The van der Waals surface area contributed by atoms with Gasteiger partial charge in [-0.2, -0.15) is 4.98 Å². The maximum atomic E-state index is 11.2. The number of rotatable bonds is 5. The molecule has 0 aliphatic rings. The molecule has 0 fully saturated rings. The third kappa shape index (κ3) is 4.51. The van der Waals surface area contributed by atoms with E-state index in [0.717, 1.165) is 10.8 Å². The quantitative estimate of drug-likeness (QED) is 0.605. The van der Waals surface area contributed by atoms with E-state index in [0.29, 0.717) is 11.4 Å². The number of carboxylic acid groups (broad SMARTS) is 1. The van der Waals surface area contributed by atoms with Gasteiger partial charge in [-0.1, -0.05) is 18.2 Å². The molecule has 0 amide bonds. The van der Waals surface area contributed by atoms with Crippen LogP contribution in [0.1, 0.15) is 10.4 Å². The first kappa shape index (κ1) is 21.4. The Balaban J connectivity index is 0.00000169. The normalized spacial score (nSPS) is 9.88. The Morgan fingerprint density at radius 1 is 1.12 bits per heavy atom. The molecule has 1 heterocycles. The van der Waals surface area contributed by atoms with Gasteiger partial charge in [-0.15, -0.1) is 24.8 Å². The van der Waals surface area contributed by atoms with Gasteiger partial charge in [0.2, 0.25) is 5.88 Å². The molecular formula is C17H17Cl2N3O4. The number of aromatic nitrogens is 2. The summed E-state index contributed by atoms with van der Waals surface area (Å²) in [6.07, 6.45) is 1.22. The standard InChI is InChI=1S/C17H15N3O4.2ClH/c18-5-6-24-16-14(17(22)23)9-19-15(20-16)12-2-1-11-8-13(21)4-3-10(11)7-12;;/h1-4,7-9,21H,5-6,18H2,(H,22,23);2*1H. The van der Waals surface area contributed by atoms with E-state index < -0.39 is 5.97 Å². The van der Waals surface area contributed by atoms with Crippen molar-refractivity contribution in [2.45, 2.75) is 0 Å². The Hall–Kier alpha value is -2.61. The first-order valence-electron chi connectivity index (χ1n) is 7.25. The molecule has 138 valence electrons. The molecule has 3 aromatic rings. The number of aromatic hydroxyl groups is 1. The lowest BCUT2D eigenvalue weighted by Crippen LogP contribution is -2.14. The van der Waals surface area contributed by atoms with Crippen molar-refractivity contribution in [3.63, 3.8) is 0 Å². The second kappa shape index (κ2) is 9.19. The zero-order chi connectivity index (χ0) is 17.1. The van der Waals surface area contributed by atoms with E-state index in [4.69, 9.17) is 10.5 Å². The van der Waals surface area contributed by atoms with Crippen LogP contribution in [0.25, 0.3) is 22.2 Å². The van der Waals surface area contributed by atoms with Crippen molar-refractivity contribution in [3.8, 4) is 23.0 Å². The number of ether oxygens (including phenoxy) is 1. The molecule has 0 saturated carbocycles. The van der Waals surface area contributed by atoms with E-state index in [1.165, 1.54) is 6.20 Å². The summed E-state index contributed by atoms with van der Waals surface area (Å²) in [6.45, 7) is 0.408. The maximum absolute atomic E-state index is 11.2. The number of carboxylic acids is 1. The number of nitrogens with two attached hydrogens (primary N) is 1. The third-order valence-electron chi connectivity index (χ3n) is 3.42. The number of phenols is 1. The topological polar surface area (TPSA) is 119 Å². The van der Waals surface area contributed by atoms with Gasteiger partial charge in [-0.25, -0.2) is 9.78 Å². The van der Waals surface area contributed by atoms with Crippen LogP contribution < -0.4 is 10.5 Å². The first-order valence-corrected chi connectivity index (χ1v) is 7.25. The minimum atomic E-state index is -1.16. The lowest BCUT2D eigenvalue weighted by Gasteiger charge is -2.09. The van der Waals surface area contributed by atoms with Crippen molar-refractivity contribution in [3.05, 3.63) is 48.2 Å². The molecule has 9 heteroatoms. The van der Waals surface area contributed by atoms with Crippen LogP contribution in [0.3, 0.4) is 0 Å². The van der Waals surface area contributed by atoms with Crippen LogP contribution in [0.2, 0.25) is 0 Å². The minimum absolute atomic E-state index is 0. The summed E-state index contributed by atoms with van der Waals surface area (Å²) >= 11 is 0. The Bertz CT molecular complexity index is 922. The van der Waals surface area contributed by atoms with Crippen molar-refractivity contribution in [1.82, 2.24) is 9.97 Å². The average Bonchev–Trinajstić information content (AvgIpc) is 2.59. The number of hydrogen-bond acceptors (Lipinski definition) is 6. The maximum Gasteiger partial charge on any atom is 0.342 e. The summed E-state index contributed by atoms with van der Waals surface area (Å²) in [6, 6.07) is 10.5. The van der Waals surface area contributed by atoms with Gasteiger partial charge in [0.05, 0.1) is 0 Å². The smallest absolute Gasteiger partial charge is 0.342 e. The Kier molecular flexibility index (Phi) is 7.57. The number of benzene rings is 2. The Morgan fingerprint density at radius 2 is 1.81 bits per heavy atom. The van der Waals surface area contributed by atoms with Gasteiger partial charge in [0.15, 0.2) is 5.82 Å². The number of hydrogen-bond donors (Lipinski definition) is 3. The Morgan fingerprint density at radius 3 is 2.50 bits per heavy atom. The van der Waals surface area contributed by atoms with E-state index in [9.17, 15) is 15.0 Å². The third-order valence-corrected chi connectivity index (χ3v) is 3.42. The second-order valence-electron chi connectivity index (χ2n) is 5.10. The van der Waals surface area contributed by atoms with E-state index in [1.807, 2.05) is 12.1 Å². The monoisotopic (exact) mass is 397 g/mol. The lowest BCUT2D eigenvalue weighted by molar-refractivity contribution is 0.0691. The van der Waals surface area contributed by atoms with Crippen LogP contribution >= 0.6 is 24.8 Å². The predicted octanol–water partition coefficient (Wildman–Crippen LogP) is 2.88. The highest BCUT2D eigenvalue weighted by atomic mass is 35.5. The van der Waals surface area contributed by atoms with E-state index in [-0.39, 0.29) is 55.2 Å². The number of nitrogens with zero attached hydrogens (tertiary/aromatic N) is 2. The van der Waals surface area contributed by atoms with Gasteiger partial charge < -0.3 is 20.7 Å². The van der Waals surface area contributed by atoms with Gasteiger partial charge in [-0.3, -0.25) is 0 Å². The molecule has 0 bridgehead atoms. The summed E-state index contributed by atoms with van der Waals surface area (Å²) in [5.41, 5.74) is 5.99. The van der Waals surface area contributed by atoms with E-state index >= 15 is 0 Å². The lowest BCUT2D eigenvalue weighted by atomic mass is 10.1. The SMILES string of the molecule is Cl.Cl.NCCOc1nc(-c2ccc3cc(O)ccc3c2)ncc1C(=O)O. The highest BCUT2D eigenvalue weighted by molar-refractivity contribution is 5.90. The molecule has 0 atom stereocenters. The van der Waals surface area contributed by atoms with Gasteiger partial charge in [0.25, 0.3) is 0 Å². The summed E-state index contributed by atoms with van der Waals surface area (Å²) < 4.78 is 5.32. The van der Waals surface area contributed by atoms with Gasteiger partial charge in [0.1, 0.15) is 17.9 Å². The van der Waals surface area contributed by atoms with Gasteiger partial charge in [0, 0.05) is 18.3 Å². The predicted molar refractivity (Wildman–Crippen MR) is 103 cm³/mol. The molecule has 26 heavy (non-hydrogen) atoms. The van der Waals surface area contributed by atoms with Crippen molar-refractivity contribution in [2.24, 2.45) is 5.73 Å². The average molecular weight is 398 g/mol. The van der Waals surface area contributed by atoms with Crippen molar-refractivity contribution < 1.29 is 19.7 Å². The molecule has 3 rings (SSSR count). The van der Waals surface area contributed by atoms with Crippen molar-refractivity contribution >= 4 is 41.6 Å². The fraction of sp³-hybridized carbons (Fsp3) is 0.118.